The molecule has 1 aromatic rings. The zero-order chi connectivity index (χ0) is 19.5. The molecular formula is C18H28N3O4S+. The Kier molecular flexibility index (Phi) is 6.41. The number of hydrogen-bond donors (Lipinski definition) is 3. The van der Waals surface area contributed by atoms with Gasteiger partial charge in [0.1, 0.15) is 0 Å². The molecule has 7 nitrogen and oxygen atoms in total. The van der Waals surface area contributed by atoms with Gasteiger partial charge in [0.2, 0.25) is 0 Å². The molecule has 0 radical (unpaired) electrons. The monoisotopic (exact) mass is 382 g/mol. The van der Waals surface area contributed by atoms with E-state index in [0.717, 1.165) is 27.3 Å². The topological polar surface area (TPSA) is 96.8 Å². The molecule has 1 heterocycles. The summed E-state index contributed by atoms with van der Waals surface area (Å²) in [5.41, 5.74) is 3.97. The van der Waals surface area contributed by atoms with Crippen molar-refractivity contribution >= 4 is 27.3 Å². The summed E-state index contributed by atoms with van der Waals surface area (Å²) in [6.45, 7) is 6.20. The van der Waals surface area contributed by atoms with E-state index < -0.39 is 9.84 Å². The average molecular weight is 383 g/mol. The van der Waals surface area contributed by atoms with Crippen LogP contribution in [0.4, 0.5) is 5.69 Å². The average Bonchev–Trinajstić information content (AvgIpc) is 2.81. The molecule has 1 aliphatic rings. The number of rotatable bonds is 6. The molecule has 2 atom stereocenters. The lowest BCUT2D eigenvalue weighted by Crippen LogP contribution is -3.11. The molecule has 0 bridgehead atoms. The van der Waals surface area contributed by atoms with Gasteiger partial charge in [-0.3, -0.25) is 9.59 Å². The lowest BCUT2D eigenvalue weighted by Gasteiger charge is -2.17. The normalized spacial score (nSPS) is 19.8. The maximum absolute atomic E-state index is 12.3. The van der Waals surface area contributed by atoms with E-state index in [2.05, 4.69) is 10.6 Å². The molecule has 144 valence electrons. The molecule has 3 N–H and O–H groups in total. The van der Waals surface area contributed by atoms with Gasteiger partial charge in [-0.15, -0.1) is 0 Å². The van der Waals surface area contributed by atoms with Crippen molar-refractivity contribution in [3.05, 3.63) is 28.8 Å². The first kappa shape index (κ1) is 20.4. The van der Waals surface area contributed by atoms with Crippen LogP contribution in [0.5, 0.6) is 0 Å². The van der Waals surface area contributed by atoms with Gasteiger partial charge >= 0.3 is 0 Å². The number of aryl methyl sites for hydroxylation is 3. The largest absolute Gasteiger partial charge is 0.347 e. The lowest BCUT2D eigenvalue weighted by molar-refractivity contribution is -0.862. The maximum atomic E-state index is 12.3. The van der Waals surface area contributed by atoms with Gasteiger partial charge in [-0.2, -0.15) is 0 Å². The first-order valence-corrected chi connectivity index (χ1v) is 10.6. The van der Waals surface area contributed by atoms with Crippen molar-refractivity contribution in [1.29, 1.82) is 0 Å². The predicted octanol–water partition coefficient (Wildman–Crippen LogP) is -0.632. The third-order valence-corrected chi connectivity index (χ3v) is 6.23. The number of hydrogen-bond acceptors (Lipinski definition) is 4. The van der Waals surface area contributed by atoms with Crippen LogP contribution in [0.3, 0.4) is 0 Å². The number of sulfone groups is 1. The fourth-order valence-electron chi connectivity index (χ4n) is 3.36. The van der Waals surface area contributed by atoms with Crippen molar-refractivity contribution in [3.8, 4) is 0 Å². The Morgan fingerprint density at radius 2 is 1.69 bits per heavy atom. The van der Waals surface area contributed by atoms with Gasteiger partial charge in [0.25, 0.3) is 11.8 Å². The summed E-state index contributed by atoms with van der Waals surface area (Å²) < 4.78 is 22.9. The molecule has 8 heteroatoms. The van der Waals surface area contributed by atoms with E-state index in [0.29, 0.717) is 6.42 Å². The Morgan fingerprint density at radius 1 is 1.12 bits per heavy atom. The Balaban J connectivity index is 1.83. The number of likely N-dealkylation sites (N-methyl/N-ethyl adjacent to an activating group) is 1. The Bertz CT molecular complexity index is 782. The number of anilines is 1. The van der Waals surface area contributed by atoms with Crippen LogP contribution < -0.4 is 15.5 Å². The number of carbonyl (C=O) groups is 2. The molecule has 1 aromatic carbocycles. The summed E-state index contributed by atoms with van der Waals surface area (Å²) in [4.78, 5) is 25.1. The Morgan fingerprint density at radius 3 is 2.23 bits per heavy atom. The summed E-state index contributed by atoms with van der Waals surface area (Å²) in [5.74, 6) is -0.267. The highest BCUT2D eigenvalue weighted by Gasteiger charge is 2.29. The molecule has 1 unspecified atom stereocenters. The minimum Gasteiger partial charge on any atom is -0.347 e. The van der Waals surface area contributed by atoms with Gasteiger partial charge in [0.15, 0.2) is 22.9 Å². The van der Waals surface area contributed by atoms with Gasteiger partial charge in [0.05, 0.1) is 18.6 Å². The van der Waals surface area contributed by atoms with Crippen molar-refractivity contribution in [3.63, 3.8) is 0 Å². The molecule has 26 heavy (non-hydrogen) atoms. The molecule has 2 amide bonds. The van der Waals surface area contributed by atoms with Crippen molar-refractivity contribution < 1.29 is 22.9 Å². The van der Waals surface area contributed by atoms with Crippen molar-refractivity contribution in [2.75, 3.05) is 37.0 Å². The van der Waals surface area contributed by atoms with Gasteiger partial charge in [-0.25, -0.2) is 8.42 Å². The van der Waals surface area contributed by atoms with Crippen molar-refractivity contribution in [2.45, 2.75) is 33.2 Å². The summed E-state index contributed by atoms with van der Waals surface area (Å²) in [6.07, 6.45) is 0.458. The second-order valence-corrected chi connectivity index (χ2v) is 9.53. The molecular weight excluding hydrogens is 354 g/mol. The van der Waals surface area contributed by atoms with Crippen LogP contribution >= 0.6 is 0 Å². The van der Waals surface area contributed by atoms with E-state index in [-0.39, 0.29) is 42.5 Å². The summed E-state index contributed by atoms with van der Waals surface area (Å²) in [7, 11) is -1.26. The Labute approximate surface area is 155 Å². The van der Waals surface area contributed by atoms with Gasteiger partial charge in [0, 0.05) is 11.7 Å². The quantitative estimate of drug-likeness (QED) is 0.610. The molecule has 0 spiro atoms. The van der Waals surface area contributed by atoms with Crippen LogP contribution in [0.15, 0.2) is 12.1 Å². The highest BCUT2D eigenvalue weighted by atomic mass is 32.2. The van der Waals surface area contributed by atoms with Crippen LogP contribution in [0.2, 0.25) is 0 Å². The molecule has 0 saturated carbocycles. The Hall–Kier alpha value is -1.93. The van der Waals surface area contributed by atoms with Crippen molar-refractivity contribution in [1.82, 2.24) is 5.32 Å². The smallest absolute Gasteiger partial charge is 0.279 e. The third-order valence-electron chi connectivity index (χ3n) is 4.46. The van der Waals surface area contributed by atoms with E-state index in [1.807, 2.05) is 32.9 Å². The number of quaternary nitrogens is 1. The number of benzene rings is 1. The lowest BCUT2D eigenvalue weighted by atomic mass is 10.1. The van der Waals surface area contributed by atoms with E-state index in [9.17, 15) is 18.0 Å². The standard InChI is InChI=1S/C18H27N3O4S/c1-12-7-13(2)18(14(3)8-12)20-17(23)10-21(4)9-16(22)19-15-5-6-26(24,25)11-15/h7-8,15H,5-6,9-11H2,1-4H3,(H,19,22)(H,20,23)/p+1/t15-/m0/s1. The van der Waals surface area contributed by atoms with E-state index in [1.54, 1.807) is 7.05 Å². The molecule has 1 saturated heterocycles. The molecule has 2 rings (SSSR count). The van der Waals surface area contributed by atoms with Gasteiger partial charge < -0.3 is 15.5 Å². The van der Waals surface area contributed by atoms with Crippen LogP contribution in [0.25, 0.3) is 0 Å². The molecule has 0 aliphatic carbocycles. The SMILES string of the molecule is Cc1cc(C)c(NC(=O)C[NH+](C)CC(=O)N[C@H]2CCS(=O)(=O)C2)c(C)c1. The first-order valence-electron chi connectivity index (χ1n) is 8.74. The zero-order valence-corrected chi connectivity index (χ0v) is 16.6. The minimum absolute atomic E-state index is 0.00422. The minimum atomic E-state index is -3.02. The van der Waals surface area contributed by atoms with Crippen LogP contribution in [0, 0.1) is 20.8 Å². The fraction of sp³-hybridized carbons (Fsp3) is 0.556. The van der Waals surface area contributed by atoms with E-state index >= 15 is 0 Å². The molecule has 1 fully saturated rings. The van der Waals surface area contributed by atoms with Crippen LogP contribution in [-0.2, 0) is 19.4 Å². The number of carbonyl (C=O) groups excluding carboxylic acids is 2. The highest BCUT2D eigenvalue weighted by Crippen LogP contribution is 2.21. The van der Waals surface area contributed by atoms with Crippen LogP contribution in [0.1, 0.15) is 23.1 Å². The number of nitrogens with one attached hydrogen (secondary N) is 3. The maximum Gasteiger partial charge on any atom is 0.279 e. The van der Waals surface area contributed by atoms with Gasteiger partial charge in [-0.1, -0.05) is 17.7 Å². The van der Waals surface area contributed by atoms with E-state index in [4.69, 9.17) is 0 Å². The third kappa shape index (κ3) is 5.81. The fourth-order valence-corrected chi connectivity index (χ4v) is 5.03. The highest BCUT2D eigenvalue weighted by molar-refractivity contribution is 7.91. The second-order valence-electron chi connectivity index (χ2n) is 7.30. The van der Waals surface area contributed by atoms with Crippen molar-refractivity contribution in [2.24, 2.45) is 0 Å². The summed E-state index contributed by atoms with van der Waals surface area (Å²) in [6, 6.07) is 3.72. The van der Waals surface area contributed by atoms with Crippen LogP contribution in [-0.4, -0.2) is 57.9 Å². The van der Waals surface area contributed by atoms with E-state index in [1.165, 1.54) is 0 Å². The molecule has 1 aliphatic heterocycles. The summed E-state index contributed by atoms with van der Waals surface area (Å²) in [5, 5.41) is 5.67. The second kappa shape index (κ2) is 8.18. The zero-order valence-electron chi connectivity index (χ0n) is 15.8. The predicted molar refractivity (Wildman–Crippen MR) is 101 cm³/mol. The number of amides is 2. The van der Waals surface area contributed by atoms with Gasteiger partial charge in [-0.05, 0) is 38.3 Å². The molecule has 0 aromatic heterocycles. The summed E-state index contributed by atoms with van der Waals surface area (Å²) >= 11 is 0. The first-order chi connectivity index (χ1) is 12.1.